The average molecular weight is 400 g/mol. The zero-order valence-corrected chi connectivity index (χ0v) is 16.2. The summed E-state index contributed by atoms with van der Waals surface area (Å²) in [6, 6.07) is 7.76. The van der Waals surface area contributed by atoms with Gasteiger partial charge in [0.15, 0.2) is 6.29 Å². The molecule has 1 fully saturated rings. The van der Waals surface area contributed by atoms with Gasteiger partial charge in [0.25, 0.3) is 5.91 Å². The molecule has 154 valence electrons. The number of hydrogen-bond acceptors (Lipinski definition) is 7. The van der Waals surface area contributed by atoms with Gasteiger partial charge in [-0.15, -0.1) is 0 Å². The van der Waals surface area contributed by atoms with Crippen LogP contribution in [0.3, 0.4) is 0 Å². The second kappa shape index (κ2) is 9.99. The maximum atomic E-state index is 13.2. The summed E-state index contributed by atoms with van der Waals surface area (Å²) >= 11 is 0. The number of morpholine rings is 1. The summed E-state index contributed by atoms with van der Waals surface area (Å²) < 4.78 is 16.4. The normalized spacial score (nSPS) is 16.4. The average Bonchev–Trinajstić information content (AvgIpc) is 2.76. The Morgan fingerprint density at radius 3 is 3.03 bits per heavy atom. The second-order valence-corrected chi connectivity index (χ2v) is 6.59. The van der Waals surface area contributed by atoms with Crippen LogP contribution >= 0.6 is 0 Å². The van der Waals surface area contributed by atoms with Crippen molar-refractivity contribution >= 4 is 12.2 Å². The maximum absolute atomic E-state index is 13.2. The number of carbonyl (C=O) groups is 2. The van der Waals surface area contributed by atoms with Crippen LogP contribution in [0.25, 0.3) is 0 Å². The van der Waals surface area contributed by atoms with Gasteiger partial charge in [0.05, 0.1) is 42.7 Å². The first-order valence-electron chi connectivity index (χ1n) is 9.37. The molecule has 1 unspecified atom stereocenters. The van der Waals surface area contributed by atoms with Crippen molar-refractivity contribution in [3.63, 3.8) is 0 Å². The van der Waals surface area contributed by atoms with Crippen LogP contribution in [0, 0.1) is 0 Å². The minimum Gasteiger partial charge on any atom is -0.507 e. The predicted molar refractivity (Wildman–Crippen MR) is 104 cm³/mol. The molecule has 3 rings (SSSR count). The van der Waals surface area contributed by atoms with Crippen molar-refractivity contribution in [1.29, 1.82) is 0 Å². The highest BCUT2D eigenvalue weighted by Crippen LogP contribution is 2.26. The summed E-state index contributed by atoms with van der Waals surface area (Å²) in [5.74, 6) is -0.0313. The summed E-state index contributed by atoms with van der Waals surface area (Å²) in [5.41, 5.74) is 1.29. The van der Waals surface area contributed by atoms with Crippen molar-refractivity contribution < 1.29 is 28.9 Å². The number of phenolic OH excluding ortho intramolecular Hbond substituents is 1. The third-order valence-corrected chi connectivity index (χ3v) is 4.74. The highest BCUT2D eigenvalue weighted by Gasteiger charge is 2.30. The molecule has 1 atom stereocenters. The molecule has 1 aromatic carbocycles. The Morgan fingerprint density at radius 2 is 2.24 bits per heavy atom. The van der Waals surface area contributed by atoms with Gasteiger partial charge in [-0.2, -0.15) is 0 Å². The Hall–Kier alpha value is -2.97. The fourth-order valence-corrected chi connectivity index (χ4v) is 3.21. The molecule has 2 heterocycles. The van der Waals surface area contributed by atoms with Crippen molar-refractivity contribution in [2.45, 2.75) is 12.5 Å². The monoisotopic (exact) mass is 400 g/mol. The molecule has 1 aliphatic heterocycles. The summed E-state index contributed by atoms with van der Waals surface area (Å²) in [5, 5.41) is 9.80. The number of pyridine rings is 1. The molecule has 1 N–H and O–H groups in total. The fourth-order valence-electron chi connectivity index (χ4n) is 3.21. The summed E-state index contributed by atoms with van der Waals surface area (Å²) in [6.07, 6.45) is 2.74. The molecule has 8 nitrogen and oxygen atoms in total. The molecular formula is C21H24N2O6. The van der Waals surface area contributed by atoms with Gasteiger partial charge in [-0.25, -0.2) is 0 Å². The Balaban J connectivity index is 1.76. The number of nitrogens with zero attached hydrogens (tertiary/aromatic N) is 2. The minimum absolute atomic E-state index is 0.0798. The molecule has 0 bridgehead atoms. The van der Waals surface area contributed by atoms with E-state index in [1.54, 1.807) is 42.5 Å². The smallest absolute Gasteiger partial charge is 0.256 e. The molecule has 8 heteroatoms. The third-order valence-electron chi connectivity index (χ3n) is 4.74. The van der Waals surface area contributed by atoms with E-state index in [1.807, 2.05) is 0 Å². The van der Waals surface area contributed by atoms with Gasteiger partial charge in [0.1, 0.15) is 18.1 Å². The highest BCUT2D eigenvalue weighted by molar-refractivity contribution is 5.95. The number of aldehydes is 1. The van der Waals surface area contributed by atoms with E-state index < -0.39 is 0 Å². The summed E-state index contributed by atoms with van der Waals surface area (Å²) in [6.45, 7) is 1.77. The first-order chi connectivity index (χ1) is 14.2. The van der Waals surface area contributed by atoms with Crippen molar-refractivity contribution in [3.8, 4) is 11.5 Å². The molecule has 2 aromatic rings. The van der Waals surface area contributed by atoms with Crippen LogP contribution in [0.15, 0.2) is 36.5 Å². The molecule has 0 radical (unpaired) electrons. The zero-order chi connectivity index (χ0) is 20.6. The SMILES string of the molecule is COCCc1ncccc1C(=O)N1CCOCC1COc1cccc(O)c1C=O. The van der Waals surface area contributed by atoms with E-state index in [9.17, 15) is 14.7 Å². The van der Waals surface area contributed by atoms with Crippen LogP contribution in [0.1, 0.15) is 26.4 Å². The van der Waals surface area contributed by atoms with E-state index in [0.29, 0.717) is 50.3 Å². The quantitative estimate of drug-likeness (QED) is 0.674. The molecule has 1 saturated heterocycles. The molecule has 0 spiro atoms. The van der Waals surface area contributed by atoms with Gasteiger partial charge < -0.3 is 24.2 Å². The van der Waals surface area contributed by atoms with Crippen LogP contribution in [0.5, 0.6) is 11.5 Å². The first kappa shape index (κ1) is 20.8. The third kappa shape index (κ3) is 4.90. The van der Waals surface area contributed by atoms with Gasteiger partial charge in [0.2, 0.25) is 0 Å². The fraction of sp³-hybridized carbons (Fsp3) is 0.381. The number of amides is 1. The predicted octanol–water partition coefficient (Wildman–Crippen LogP) is 1.71. The van der Waals surface area contributed by atoms with Crippen molar-refractivity contribution in [2.75, 3.05) is 40.1 Å². The van der Waals surface area contributed by atoms with Crippen LogP contribution < -0.4 is 4.74 Å². The van der Waals surface area contributed by atoms with E-state index in [1.165, 1.54) is 6.07 Å². The van der Waals surface area contributed by atoms with Gasteiger partial charge in [-0.1, -0.05) is 6.07 Å². The largest absolute Gasteiger partial charge is 0.507 e. The number of carbonyl (C=O) groups excluding carboxylic acids is 2. The molecule has 1 amide bonds. The van der Waals surface area contributed by atoms with E-state index in [-0.39, 0.29) is 35.6 Å². The van der Waals surface area contributed by atoms with Crippen LogP contribution in [-0.4, -0.2) is 73.3 Å². The lowest BCUT2D eigenvalue weighted by atomic mass is 10.1. The van der Waals surface area contributed by atoms with E-state index in [0.717, 1.165) is 0 Å². The van der Waals surface area contributed by atoms with Crippen LogP contribution in [-0.2, 0) is 15.9 Å². The number of benzene rings is 1. The lowest BCUT2D eigenvalue weighted by Crippen LogP contribution is -2.51. The zero-order valence-electron chi connectivity index (χ0n) is 16.2. The molecule has 1 aliphatic rings. The molecule has 0 saturated carbocycles. The van der Waals surface area contributed by atoms with Gasteiger partial charge >= 0.3 is 0 Å². The Morgan fingerprint density at radius 1 is 1.38 bits per heavy atom. The van der Waals surface area contributed by atoms with Crippen molar-refractivity contribution in [2.24, 2.45) is 0 Å². The van der Waals surface area contributed by atoms with Crippen molar-refractivity contribution in [1.82, 2.24) is 9.88 Å². The van der Waals surface area contributed by atoms with Gasteiger partial charge in [0, 0.05) is 26.3 Å². The number of methoxy groups -OCH3 is 1. The maximum Gasteiger partial charge on any atom is 0.256 e. The highest BCUT2D eigenvalue weighted by atomic mass is 16.5. The summed E-state index contributed by atoms with van der Waals surface area (Å²) in [4.78, 5) is 30.5. The Kier molecular flexibility index (Phi) is 7.15. The molecule has 29 heavy (non-hydrogen) atoms. The molecule has 0 aliphatic carbocycles. The number of rotatable bonds is 8. The standard InChI is InChI=1S/C21H24N2O6/c1-27-10-7-18-16(4-3-8-22-18)21(26)23-9-11-28-13-15(23)14-29-20-6-2-5-19(25)17(20)12-24/h2-6,8,12,15,25H,7,9-11,13-14H2,1H3. The summed E-state index contributed by atoms with van der Waals surface area (Å²) in [7, 11) is 1.61. The lowest BCUT2D eigenvalue weighted by molar-refractivity contribution is -0.0152. The second-order valence-electron chi connectivity index (χ2n) is 6.59. The van der Waals surface area contributed by atoms with E-state index >= 15 is 0 Å². The molecule has 1 aromatic heterocycles. The number of aromatic hydroxyl groups is 1. The number of ether oxygens (including phenoxy) is 3. The number of phenols is 1. The Bertz CT molecular complexity index is 857. The van der Waals surface area contributed by atoms with E-state index in [2.05, 4.69) is 4.98 Å². The van der Waals surface area contributed by atoms with Crippen LogP contribution in [0.4, 0.5) is 0 Å². The van der Waals surface area contributed by atoms with E-state index in [4.69, 9.17) is 14.2 Å². The van der Waals surface area contributed by atoms with Crippen LogP contribution in [0.2, 0.25) is 0 Å². The van der Waals surface area contributed by atoms with Gasteiger partial charge in [-0.3, -0.25) is 14.6 Å². The topological polar surface area (TPSA) is 98.2 Å². The Labute approximate surface area is 169 Å². The lowest BCUT2D eigenvalue weighted by Gasteiger charge is -2.35. The number of hydrogen-bond donors (Lipinski definition) is 1. The van der Waals surface area contributed by atoms with Crippen molar-refractivity contribution in [3.05, 3.63) is 53.3 Å². The first-order valence-corrected chi connectivity index (χ1v) is 9.37. The van der Waals surface area contributed by atoms with Gasteiger partial charge in [-0.05, 0) is 24.3 Å². The minimum atomic E-state index is -0.339. The molecular weight excluding hydrogens is 376 g/mol. The number of aromatic nitrogens is 1.